The van der Waals surface area contributed by atoms with Gasteiger partial charge in [-0.1, -0.05) is 111 Å². The Morgan fingerprint density at radius 3 is 1.34 bits per heavy atom. The molecule has 2 saturated carbocycles. The number of hydrogen-bond donors (Lipinski definition) is 0. The molecule has 0 spiro atoms. The van der Waals surface area contributed by atoms with Gasteiger partial charge in [-0.3, -0.25) is 0 Å². The zero-order chi connectivity index (χ0) is 29.6. The van der Waals surface area contributed by atoms with Crippen molar-refractivity contribution >= 4 is 28.4 Å². The first-order valence-electron chi connectivity index (χ1n) is 16.8. The number of anilines is 5. The van der Waals surface area contributed by atoms with Gasteiger partial charge in [0.15, 0.2) is 0 Å². The largest absolute Gasteiger partial charge is 0.338 e. The van der Waals surface area contributed by atoms with Gasteiger partial charge in [0.2, 0.25) is 0 Å². The maximum atomic E-state index is 2.63. The standard InChI is InChI=1S/C42H44N2/c1-5-13-33(14-6-1)35-21-25-39(26-22-35)43(37-17-9-3-10-18-37)41-29-31-42(32-30-41)44(38-19-11-4-12-20-38)40-27-23-36(24-28-40)34-15-7-2-8-16-34/h1,3-6,9-14,17-22,25-26,29-32,34,36,40H,2,7-8,15-16,23-24,27-28H2. The lowest BCUT2D eigenvalue weighted by Crippen LogP contribution is -2.36. The van der Waals surface area contributed by atoms with Crippen molar-refractivity contribution in [3.05, 3.63) is 140 Å². The molecule has 0 radical (unpaired) electrons. The average molecular weight is 577 g/mol. The first kappa shape index (κ1) is 28.5. The Hall–Kier alpha value is -4.30. The summed E-state index contributed by atoms with van der Waals surface area (Å²) in [6.45, 7) is 0. The predicted molar refractivity (Wildman–Crippen MR) is 187 cm³/mol. The lowest BCUT2D eigenvalue weighted by atomic mass is 9.72. The van der Waals surface area contributed by atoms with Crippen molar-refractivity contribution in [2.24, 2.45) is 11.8 Å². The SMILES string of the molecule is c1ccc(-c2ccc(N(c3ccccc3)c3ccc(N(c4ccccc4)C4CCC(C5CCCCC5)CC4)cc3)cc2)cc1. The summed E-state index contributed by atoms with van der Waals surface area (Å²) in [5.41, 5.74) is 8.55. The molecule has 2 heteroatoms. The minimum atomic E-state index is 0.541. The fourth-order valence-electron chi connectivity index (χ4n) is 7.82. The van der Waals surface area contributed by atoms with Crippen molar-refractivity contribution in [3.63, 3.8) is 0 Å². The van der Waals surface area contributed by atoms with E-state index in [1.807, 2.05) is 0 Å². The van der Waals surface area contributed by atoms with Gasteiger partial charge in [0.25, 0.3) is 0 Å². The first-order valence-corrected chi connectivity index (χ1v) is 16.8. The van der Waals surface area contributed by atoms with Gasteiger partial charge in [-0.15, -0.1) is 0 Å². The normalized spacial score (nSPS) is 18.9. The highest BCUT2D eigenvalue weighted by Gasteiger charge is 2.31. The molecule has 7 rings (SSSR count). The molecule has 0 aromatic heterocycles. The molecule has 5 aromatic rings. The summed E-state index contributed by atoms with van der Waals surface area (Å²) in [6, 6.07) is 51.2. The Kier molecular flexibility index (Phi) is 8.77. The quantitative estimate of drug-likeness (QED) is 0.181. The summed E-state index contributed by atoms with van der Waals surface area (Å²) in [4.78, 5) is 4.99. The lowest BCUT2D eigenvalue weighted by Gasteiger charge is -2.41. The predicted octanol–water partition coefficient (Wildman–Crippen LogP) is 12.1. The molecule has 222 valence electrons. The molecular formula is C42H44N2. The van der Waals surface area contributed by atoms with Crippen molar-refractivity contribution < 1.29 is 0 Å². The van der Waals surface area contributed by atoms with Crippen LogP contribution in [0.3, 0.4) is 0 Å². The molecule has 0 bridgehead atoms. The Labute approximate surface area is 264 Å². The van der Waals surface area contributed by atoms with Crippen LogP contribution in [0.1, 0.15) is 57.8 Å². The molecule has 0 heterocycles. The molecule has 0 saturated heterocycles. The van der Waals surface area contributed by atoms with Crippen LogP contribution in [0.25, 0.3) is 11.1 Å². The third-order valence-corrected chi connectivity index (χ3v) is 10.1. The van der Waals surface area contributed by atoms with E-state index in [2.05, 4.69) is 149 Å². The van der Waals surface area contributed by atoms with Crippen LogP contribution in [0.15, 0.2) is 140 Å². The molecule has 0 unspecified atom stereocenters. The maximum absolute atomic E-state index is 2.63. The summed E-state index contributed by atoms with van der Waals surface area (Å²) in [7, 11) is 0. The zero-order valence-corrected chi connectivity index (χ0v) is 25.8. The van der Waals surface area contributed by atoms with Gasteiger partial charge in [-0.05, 0) is 109 Å². The van der Waals surface area contributed by atoms with Crippen molar-refractivity contribution in [1.29, 1.82) is 0 Å². The van der Waals surface area contributed by atoms with Gasteiger partial charge in [0.1, 0.15) is 0 Å². The van der Waals surface area contributed by atoms with E-state index in [1.54, 1.807) is 0 Å². The second-order valence-electron chi connectivity index (χ2n) is 12.8. The number of para-hydroxylation sites is 2. The van der Waals surface area contributed by atoms with Crippen LogP contribution in [0.2, 0.25) is 0 Å². The molecule has 0 amide bonds. The molecule has 0 N–H and O–H groups in total. The Morgan fingerprint density at radius 2 is 0.750 bits per heavy atom. The lowest BCUT2D eigenvalue weighted by molar-refractivity contribution is 0.186. The maximum Gasteiger partial charge on any atom is 0.0463 e. The van der Waals surface area contributed by atoms with E-state index < -0.39 is 0 Å². The van der Waals surface area contributed by atoms with E-state index in [4.69, 9.17) is 0 Å². The molecular weight excluding hydrogens is 532 g/mol. The Morgan fingerprint density at radius 1 is 0.341 bits per heavy atom. The fraction of sp³-hybridized carbons (Fsp3) is 0.286. The highest BCUT2D eigenvalue weighted by molar-refractivity contribution is 5.79. The van der Waals surface area contributed by atoms with Crippen molar-refractivity contribution in [2.45, 2.75) is 63.8 Å². The Balaban J connectivity index is 1.17. The molecule has 2 aliphatic rings. The summed E-state index contributed by atoms with van der Waals surface area (Å²) >= 11 is 0. The second-order valence-corrected chi connectivity index (χ2v) is 12.8. The van der Waals surface area contributed by atoms with Gasteiger partial charge in [0, 0.05) is 34.5 Å². The topological polar surface area (TPSA) is 6.48 Å². The number of nitrogens with zero attached hydrogens (tertiary/aromatic N) is 2. The molecule has 2 aliphatic carbocycles. The van der Waals surface area contributed by atoms with Gasteiger partial charge in [0.05, 0.1) is 0 Å². The summed E-state index contributed by atoms with van der Waals surface area (Å²) in [5.74, 6) is 1.90. The smallest absolute Gasteiger partial charge is 0.0463 e. The van der Waals surface area contributed by atoms with E-state index in [0.29, 0.717) is 6.04 Å². The molecule has 5 aromatic carbocycles. The highest BCUT2D eigenvalue weighted by atomic mass is 15.2. The van der Waals surface area contributed by atoms with E-state index in [9.17, 15) is 0 Å². The summed E-state index contributed by atoms with van der Waals surface area (Å²) in [6.07, 6.45) is 12.6. The van der Waals surface area contributed by atoms with Gasteiger partial charge >= 0.3 is 0 Å². The van der Waals surface area contributed by atoms with E-state index >= 15 is 0 Å². The summed E-state index contributed by atoms with van der Waals surface area (Å²) < 4.78 is 0. The van der Waals surface area contributed by atoms with Crippen LogP contribution in [-0.2, 0) is 0 Å². The zero-order valence-electron chi connectivity index (χ0n) is 25.8. The minimum Gasteiger partial charge on any atom is -0.338 e. The minimum absolute atomic E-state index is 0.541. The monoisotopic (exact) mass is 576 g/mol. The van der Waals surface area contributed by atoms with Crippen LogP contribution in [0.4, 0.5) is 28.4 Å². The van der Waals surface area contributed by atoms with Crippen LogP contribution in [0.5, 0.6) is 0 Å². The third-order valence-electron chi connectivity index (χ3n) is 10.1. The molecule has 44 heavy (non-hydrogen) atoms. The third kappa shape index (κ3) is 6.31. The molecule has 0 aliphatic heterocycles. The highest BCUT2D eigenvalue weighted by Crippen LogP contribution is 2.43. The second kappa shape index (κ2) is 13.6. The van der Waals surface area contributed by atoms with E-state index in [0.717, 1.165) is 23.2 Å². The molecule has 2 nitrogen and oxygen atoms in total. The van der Waals surface area contributed by atoms with Crippen LogP contribution in [0, 0.1) is 11.8 Å². The van der Waals surface area contributed by atoms with Crippen molar-refractivity contribution in [1.82, 2.24) is 0 Å². The number of hydrogen-bond acceptors (Lipinski definition) is 2. The van der Waals surface area contributed by atoms with Gasteiger partial charge < -0.3 is 9.80 Å². The molecule has 2 fully saturated rings. The van der Waals surface area contributed by atoms with E-state index in [-0.39, 0.29) is 0 Å². The van der Waals surface area contributed by atoms with E-state index in [1.165, 1.54) is 86.0 Å². The fourth-order valence-corrected chi connectivity index (χ4v) is 7.82. The van der Waals surface area contributed by atoms with Crippen molar-refractivity contribution in [2.75, 3.05) is 9.80 Å². The summed E-state index contributed by atoms with van der Waals surface area (Å²) in [5, 5.41) is 0. The van der Waals surface area contributed by atoms with Crippen LogP contribution in [-0.4, -0.2) is 6.04 Å². The number of rotatable bonds is 8. The Bertz CT molecular complexity index is 1570. The van der Waals surface area contributed by atoms with Crippen molar-refractivity contribution in [3.8, 4) is 11.1 Å². The van der Waals surface area contributed by atoms with Crippen LogP contribution >= 0.6 is 0 Å². The molecule has 0 atom stereocenters. The average Bonchev–Trinajstić information content (AvgIpc) is 3.11. The van der Waals surface area contributed by atoms with Crippen LogP contribution < -0.4 is 9.80 Å². The van der Waals surface area contributed by atoms with Gasteiger partial charge in [-0.2, -0.15) is 0 Å². The van der Waals surface area contributed by atoms with Gasteiger partial charge in [-0.25, -0.2) is 0 Å². The number of benzene rings is 5. The first-order chi connectivity index (χ1) is 21.8.